The van der Waals surface area contributed by atoms with Crippen LogP contribution in [0.5, 0.6) is 0 Å². The van der Waals surface area contributed by atoms with Gasteiger partial charge < -0.3 is 9.80 Å². The molecule has 196 valence electrons. The van der Waals surface area contributed by atoms with Crippen molar-refractivity contribution >= 4 is 31.6 Å². The number of benzene rings is 3. The fourth-order valence-electron chi connectivity index (χ4n) is 4.32. The SMILES string of the molecule is C/C(=N\S(=O)(=O)c1ccc(C)cc1)N1CCN(S(=O)(=O)c2ccc(C)cc2)C1c1ccc(N(C)C)cc1. The summed E-state index contributed by atoms with van der Waals surface area (Å²) >= 11 is 0. The summed E-state index contributed by atoms with van der Waals surface area (Å²) in [6.45, 7) is 5.87. The molecule has 0 amide bonds. The van der Waals surface area contributed by atoms with E-state index in [0.29, 0.717) is 6.54 Å². The molecule has 4 rings (SSSR count). The number of rotatable bonds is 6. The van der Waals surface area contributed by atoms with Crippen LogP contribution in [-0.2, 0) is 20.0 Å². The molecule has 8 nitrogen and oxygen atoms in total. The smallest absolute Gasteiger partial charge is 0.283 e. The second kappa shape index (κ2) is 10.3. The van der Waals surface area contributed by atoms with Crippen LogP contribution in [-0.4, -0.2) is 59.1 Å². The van der Waals surface area contributed by atoms with Gasteiger partial charge in [-0.2, -0.15) is 12.7 Å². The second-order valence-corrected chi connectivity index (χ2v) is 12.9. The van der Waals surface area contributed by atoms with Gasteiger partial charge in [0.2, 0.25) is 10.0 Å². The van der Waals surface area contributed by atoms with Gasteiger partial charge in [0.25, 0.3) is 10.0 Å². The minimum absolute atomic E-state index is 0.0904. The van der Waals surface area contributed by atoms with Crippen molar-refractivity contribution in [2.24, 2.45) is 4.40 Å². The van der Waals surface area contributed by atoms with E-state index in [1.807, 2.05) is 57.1 Å². The van der Waals surface area contributed by atoms with E-state index in [-0.39, 0.29) is 22.2 Å². The van der Waals surface area contributed by atoms with Crippen molar-refractivity contribution in [2.75, 3.05) is 32.1 Å². The van der Waals surface area contributed by atoms with Gasteiger partial charge >= 0.3 is 0 Å². The molecule has 37 heavy (non-hydrogen) atoms. The summed E-state index contributed by atoms with van der Waals surface area (Å²) < 4.78 is 59.1. The summed E-state index contributed by atoms with van der Waals surface area (Å²) in [5, 5.41) is 0. The highest BCUT2D eigenvalue weighted by molar-refractivity contribution is 7.90. The van der Waals surface area contributed by atoms with Crippen molar-refractivity contribution in [2.45, 2.75) is 36.7 Å². The maximum atomic E-state index is 13.7. The van der Waals surface area contributed by atoms with Gasteiger partial charge in [-0.25, -0.2) is 8.42 Å². The molecule has 1 saturated heterocycles. The average Bonchev–Trinajstić information content (AvgIpc) is 3.31. The molecule has 1 aliphatic rings. The van der Waals surface area contributed by atoms with E-state index < -0.39 is 26.2 Å². The van der Waals surface area contributed by atoms with Crippen LogP contribution < -0.4 is 4.90 Å². The van der Waals surface area contributed by atoms with Gasteiger partial charge in [0.15, 0.2) is 0 Å². The molecule has 0 spiro atoms. The largest absolute Gasteiger partial charge is 0.378 e. The lowest BCUT2D eigenvalue weighted by molar-refractivity contribution is 0.284. The fraction of sp³-hybridized carbons (Fsp3) is 0.296. The Kier molecular flexibility index (Phi) is 7.45. The van der Waals surface area contributed by atoms with Crippen molar-refractivity contribution < 1.29 is 16.8 Å². The van der Waals surface area contributed by atoms with Crippen LogP contribution in [0.25, 0.3) is 0 Å². The minimum Gasteiger partial charge on any atom is -0.378 e. The Morgan fingerprint density at radius 2 is 1.30 bits per heavy atom. The second-order valence-electron chi connectivity index (χ2n) is 9.41. The summed E-state index contributed by atoms with van der Waals surface area (Å²) in [7, 11) is -3.99. The Morgan fingerprint density at radius 3 is 1.81 bits per heavy atom. The van der Waals surface area contributed by atoms with Gasteiger partial charge in [-0.1, -0.05) is 47.5 Å². The van der Waals surface area contributed by atoms with Gasteiger partial charge in [0, 0.05) is 32.9 Å². The van der Waals surface area contributed by atoms with Gasteiger partial charge in [-0.3, -0.25) is 0 Å². The molecular formula is C27H32N4O4S2. The average molecular weight is 541 g/mol. The molecule has 3 aromatic rings. The summed E-state index contributed by atoms with van der Waals surface area (Å²) in [6, 6.07) is 20.8. The molecule has 1 unspecified atom stereocenters. The number of sulfonamides is 2. The molecule has 0 N–H and O–H groups in total. The lowest BCUT2D eigenvalue weighted by atomic mass is 10.1. The molecule has 10 heteroatoms. The van der Waals surface area contributed by atoms with Crippen LogP contribution in [0, 0.1) is 13.8 Å². The molecule has 0 radical (unpaired) electrons. The standard InChI is InChI=1S/C27H32N4O4S2/c1-20-6-14-25(15-7-20)36(32,33)28-22(3)30-18-19-31(37(34,35)26-16-8-21(2)9-17-26)27(30)23-10-12-24(13-11-23)29(4)5/h6-17,27H,18-19H2,1-5H3/b28-22+. The molecule has 1 fully saturated rings. The summed E-state index contributed by atoms with van der Waals surface area (Å²) in [4.78, 5) is 3.98. The van der Waals surface area contributed by atoms with Crippen LogP contribution >= 0.6 is 0 Å². The molecule has 1 atom stereocenters. The lowest BCUT2D eigenvalue weighted by Gasteiger charge is -2.31. The van der Waals surface area contributed by atoms with Gasteiger partial charge in [0.05, 0.1) is 9.79 Å². The normalized spacial score (nSPS) is 17.3. The Bertz CT molecular complexity index is 1500. The fourth-order valence-corrected chi connectivity index (χ4v) is 6.93. The molecule has 0 aromatic heterocycles. The zero-order valence-corrected chi connectivity index (χ0v) is 23.3. The Balaban J connectivity index is 1.77. The quantitative estimate of drug-likeness (QED) is 0.344. The Morgan fingerprint density at radius 1 is 0.784 bits per heavy atom. The summed E-state index contributed by atoms with van der Waals surface area (Å²) in [6.07, 6.45) is -0.750. The van der Waals surface area contributed by atoms with Crippen LogP contribution in [0.4, 0.5) is 5.69 Å². The molecule has 1 aliphatic heterocycles. The first-order chi connectivity index (χ1) is 17.4. The highest BCUT2D eigenvalue weighted by Gasteiger charge is 2.42. The van der Waals surface area contributed by atoms with Gasteiger partial charge in [0.1, 0.15) is 12.0 Å². The first-order valence-electron chi connectivity index (χ1n) is 11.9. The molecule has 3 aromatic carbocycles. The molecule has 0 saturated carbocycles. The van der Waals surface area contributed by atoms with Crippen LogP contribution in [0.2, 0.25) is 0 Å². The van der Waals surface area contributed by atoms with E-state index in [1.165, 1.54) is 16.4 Å². The number of anilines is 1. The van der Waals surface area contributed by atoms with Gasteiger partial charge in [-0.15, -0.1) is 4.40 Å². The van der Waals surface area contributed by atoms with E-state index in [2.05, 4.69) is 4.40 Å². The predicted octanol–water partition coefficient (Wildman–Crippen LogP) is 4.18. The highest BCUT2D eigenvalue weighted by atomic mass is 32.2. The number of amidine groups is 1. The van der Waals surface area contributed by atoms with E-state index in [9.17, 15) is 16.8 Å². The van der Waals surface area contributed by atoms with E-state index in [4.69, 9.17) is 0 Å². The van der Waals surface area contributed by atoms with E-state index in [0.717, 1.165) is 22.4 Å². The zero-order valence-electron chi connectivity index (χ0n) is 21.7. The Labute approximate surface area is 220 Å². The van der Waals surface area contributed by atoms with E-state index >= 15 is 0 Å². The molecule has 0 bridgehead atoms. The third kappa shape index (κ3) is 5.56. The zero-order chi connectivity index (χ0) is 27.0. The first kappa shape index (κ1) is 26.8. The van der Waals surface area contributed by atoms with Crippen molar-refractivity contribution in [3.8, 4) is 0 Å². The predicted molar refractivity (Wildman–Crippen MR) is 147 cm³/mol. The van der Waals surface area contributed by atoms with Crippen LogP contribution in [0.3, 0.4) is 0 Å². The number of hydrogen-bond donors (Lipinski definition) is 0. The third-order valence-corrected chi connectivity index (χ3v) is 9.69. The maximum Gasteiger partial charge on any atom is 0.283 e. The maximum absolute atomic E-state index is 13.7. The Hall–Kier alpha value is -3.21. The number of aryl methyl sites for hydroxylation is 2. The van der Waals surface area contributed by atoms with Crippen molar-refractivity contribution in [3.05, 3.63) is 89.5 Å². The highest BCUT2D eigenvalue weighted by Crippen LogP contribution is 2.36. The summed E-state index contributed by atoms with van der Waals surface area (Å²) in [5.74, 6) is 0.226. The number of nitrogens with zero attached hydrogens (tertiary/aromatic N) is 4. The summed E-state index contributed by atoms with van der Waals surface area (Å²) in [5.41, 5.74) is 3.59. The first-order valence-corrected chi connectivity index (χ1v) is 14.8. The monoisotopic (exact) mass is 540 g/mol. The molecular weight excluding hydrogens is 508 g/mol. The number of hydrogen-bond acceptors (Lipinski definition) is 5. The lowest BCUT2D eigenvalue weighted by Crippen LogP contribution is -2.37. The molecule has 0 aliphatic carbocycles. The van der Waals surface area contributed by atoms with E-state index in [1.54, 1.807) is 48.2 Å². The van der Waals surface area contributed by atoms with Crippen LogP contribution in [0.15, 0.2) is 87.0 Å². The van der Waals surface area contributed by atoms with Crippen molar-refractivity contribution in [1.82, 2.24) is 9.21 Å². The molecule has 1 heterocycles. The topological polar surface area (TPSA) is 90.4 Å². The van der Waals surface area contributed by atoms with Gasteiger partial charge in [-0.05, 0) is 62.7 Å². The van der Waals surface area contributed by atoms with Crippen LogP contribution in [0.1, 0.15) is 29.8 Å². The minimum atomic E-state index is -3.98. The van der Waals surface area contributed by atoms with Crippen molar-refractivity contribution in [3.63, 3.8) is 0 Å². The van der Waals surface area contributed by atoms with Crippen molar-refractivity contribution in [1.29, 1.82) is 0 Å². The third-order valence-electron chi connectivity index (χ3n) is 6.45.